The average molecular weight is 977 g/mol. The number of alkyl halides is 6. The van der Waals surface area contributed by atoms with Crippen LogP contribution >= 0.6 is 0 Å². The summed E-state index contributed by atoms with van der Waals surface area (Å²) in [6.45, 7) is 9.95. The highest BCUT2D eigenvalue weighted by Gasteiger charge is 2.44. The Labute approximate surface area is 380 Å². The van der Waals surface area contributed by atoms with Gasteiger partial charge in [0, 0.05) is 50.4 Å². The Hall–Kier alpha value is -5.75. The van der Waals surface area contributed by atoms with Crippen LogP contribution in [0.15, 0.2) is 58.6 Å². The number of rotatable bonds is 11. The number of hydrogen-bond donors (Lipinski definition) is 1. The quantitative estimate of drug-likeness (QED) is 0.102. The average Bonchev–Trinajstić information content (AvgIpc) is 3.81. The van der Waals surface area contributed by atoms with Crippen molar-refractivity contribution in [2.45, 2.75) is 101 Å². The van der Waals surface area contributed by atoms with E-state index in [0.29, 0.717) is 33.7 Å². The SMILES string of the molecule is CC(=O)c1cnc(N2CCn3c(nc4ccc(S(=O)(=O)CCC(C)(O)c5cnc(N6CCn7c(nc8ccc(S(C)(=O)=O)cc87)C6C(C)C)nc5C(F)(F)F)cc43)C2C(C)C)nc1C(F)(F)F. The zero-order chi connectivity index (χ0) is 48.9. The van der Waals surface area contributed by atoms with Gasteiger partial charge in [-0.25, -0.2) is 46.7 Å². The number of benzene rings is 2. The minimum atomic E-state index is -5.10. The first kappa shape index (κ1) is 47.7. The molecule has 0 aliphatic carbocycles. The van der Waals surface area contributed by atoms with Crippen LogP contribution in [0.1, 0.15) is 99.0 Å². The van der Waals surface area contributed by atoms with E-state index in [9.17, 15) is 53.1 Å². The second-order valence-electron chi connectivity index (χ2n) is 17.8. The van der Waals surface area contributed by atoms with E-state index in [-0.39, 0.29) is 59.7 Å². The third-order valence-electron chi connectivity index (χ3n) is 12.3. The lowest BCUT2D eigenvalue weighted by molar-refractivity contribution is -0.144. The molecule has 6 aromatic rings. The van der Waals surface area contributed by atoms with E-state index in [2.05, 4.69) is 19.9 Å². The standard InChI is InChI=1S/C43H46F6N10O6S2/c1-22(2)33-38-53-30-11-9-26(19-32(30)57(38)14-15-58(33)39-50-20-27(24(5)60)35(54-39)42(44,45)46)67(64,65)17-12-41(6,61)28-21-51-40(55-36(28)43(47,48)49)59-16-13-56-31-18-25(66(7,62)63)8-10-29(31)52-37(56)34(59)23(3)4/h8-11,18-23,33-34,61H,12-17H2,1-7H3. The first-order valence-electron chi connectivity index (χ1n) is 21.2. The predicted octanol–water partition coefficient (Wildman–Crippen LogP) is 7.12. The van der Waals surface area contributed by atoms with E-state index < -0.39 is 90.2 Å². The first-order chi connectivity index (χ1) is 31.1. The normalized spacial score (nSPS) is 18.2. The summed E-state index contributed by atoms with van der Waals surface area (Å²) < 4.78 is 143. The first-order valence-corrected chi connectivity index (χ1v) is 24.7. The number of halogens is 6. The Kier molecular flexibility index (Phi) is 11.7. The predicted molar refractivity (Wildman–Crippen MR) is 233 cm³/mol. The molecule has 67 heavy (non-hydrogen) atoms. The highest BCUT2D eigenvalue weighted by atomic mass is 32.2. The number of imidazole rings is 2. The Morgan fingerprint density at radius 1 is 0.716 bits per heavy atom. The van der Waals surface area contributed by atoms with Gasteiger partial charge in [0.2, 0.25) is 11.9 Å². The Balaban J connectivity index is 1.06. The smallest absolute Gasteiger partial charge is 0.385 e. The number of carbonyl (C=O) groups excluding carboxylic acids is 1. The maximum absolute atomic E-state index is 14.9. The van der Waals surface area contributed by atoms with E-state index in [4.69, 9.17) is 9.97 Å². The van der Waals surface area contributed by atoms with Crippen LogP contribution in [0.5, 0.6) is 0 Å². The monoisotopic (exact) mass is 976 g/mol. The highest BCUT2D eigenvalue weighted by Crippen LogP contribution is 2.42. The van der Waals surface area contributed by atoms with E-state index in [1.54, 1.807) is 20.4 Å². The number of ketones is 1. The Morgan fingerprint density at radius 2 is 1.18 bits per heavy atom. The Bertz CT molecular complexity index is 3190. The van der Waals surface area contributed by atoms with Crippen LogP contribution in [0.4, 0.5) is 38.2 Å². The van der Waals surface area contributed by atoms with Crippen molar-refractivity contribution in [3.63, 3.8) is 0 Å². The summed E-state index contributed by atoms with van der Waals surface area (Å²) in [6, 6.07) is 7.32. The molecule has 0 saturated heterocycles. The molecule has 0 spiro atoms. The van der Waals surface area contributed by atoms with Crippen molar-refractivity contribution in [1.29, 1.82) is 0 Å². The summed E-state index contributed by atoms with van der Waals surface area (Å²) >= 11 is 0. The molecule has 3 atom stereocenters. The summed E-state index contributed by atoms with van der Waals surface area (Å²) in [6.07, 6.45) is -7.93. The molecule has 0 radical (unpaired) electrons. The van der Waals surface area contributed by atoms with E-state index in [0.717, 1.165) is 32.5 Å². The lowest BCUT2D eigenvalue weighted by Gasteiger charge is -2.39. The van der Waals surface area contributed by atoms with Crippen molar-refractivity contribution in [2.24, 2.45) is 11.8 Å². The summed E-state index contributed by atoms with van der Waals surface area (Å²) in [5.74, 6) is -1.83. The van der Waals surface area contributed by atoms with E-state index >= 15 is 0 Å². The van der Waals surface area contributed by atoms with Gasteiger partial charge in [-0.3, -0.25) is 4.79 Å². The van der Waals surface area contributed by atoms with Gasteiger partial charge in [0.15, 0.2) is 36.8 Å². The van der Waals surface area contributed by atoms with Gasteiger partial charge in [0.1, 0.15) is 11.6 Å². The molecule has 6 heterocycles. The Morgan fingerprint density at radius 3 is 1.64 bits per heavy atom. The van der Waals surface area contributed by atoms with E-state index in [1.165, 1.54) is 30.3 Å². The fourth-order valence-corrected chi connectivity index (χ4v) is 11.1. The molecular weight excluding hydrogens is 931 g/mol. The van der Waals surface area contributed by atoms with Gasteiger partial charge in [0.05, 0.1) is 60.9 Å². The van der Waals surface area contributed by atoms with Crippen molar-refractivity contribution in [1.82, 2.24) is 39.0 Å². The minimum absolute atomic E-state index is 0.0890. The number of hydrogen-bond acceptors (Lipinski definition) is 14. The molecule has 16 nitrogen and oxygen atoms in total. The van der Waals surface area contributed by atoms with Crippen LogP contribution in [0.25, 0.3) is 22.1 Å². The summed E-state index contributed by atoms with van der Waals surface area (Å²) in [7, 11) is -7.83. The van der Waals surface area contributed by atoms with E-state index in [1.807, 2.05) is 32.3 Å². The molecule has 0 amide bonds. The number of anilines is 2. The van der Waals surface area contributed by atoms with Gasteiger partial charge in [-0.2, -0.15) is 26.3 Å². The maximum atomic E-state index is 14.9. The number of nitrogens with zero attached hydrogens (tertiary/aromatic N) is 10. The molecular formula is C43H46F6N10O6S2. The topological polar surface area (TPSA) is 199 Å². The van der Waals surface area contributed by atoms with Crippen molar-refractivity contribution in [2.75, 3.05) is 34.9 Å². The van der Waals surface area contributed by atoms with Gasteiger partial charge >= 0.3 is 12.4 Å². The molecule has 0 saturated carbocycles. The molecule has 2 aliphatic rings. The molecule has 0 bridgehead atoms. The summed E-state index contributed by atoms with van der Waals surface area (Å²) in [5, 5.41) is 11.7. The van der Waals surface area contributed by atoms with Gasteiger partial charge in [-0.15, -0.1) is 0 Å². The number of sulfone groups is 2. The summed E-state index contributed by atoms with van der Waals surface area (Å²) in [5.41, 5.74) is -4.80. The number of fused-ring (bicyclic) bond motifs is 6. The number of aliphatic hydroxyl groups is 1. The number of Topliss-reactive ketones (excluding diaryl/α,β-unsaturated/α-hetero) is 1. The summed E-state index contributed by atoms with van der Waals surface area (Å²) in [4.78, 5) is 40.6. The van der Waals surface area contributed by atoms with Crippen LogP contribution in [-0.2, 0) is 50.7 Å². The number of aromatic nitrogens is 8. The maximum Gasteiger partial charge on any atom is 0.434 e. The third kappa shape index (κ3) is 8.70. The van der Waals surface area contributed by atoms with Crippen molar-refractivity contribution in [3.8, 4) is 0 Å². The molecule has 1 N–H and O–H groups in total. The molecule has 3 unspecified atom stereocenters. The molecule has 0 fully saturated rings. The van der Waals surface area contributed by atoms with Crippen LogP contribution in [-0.4, -0.2) is 91.9 Å². The zero-order valence-electron chi connectivity index (χ0n) is 37.2. The molecule has 4 aromatic heterocycles. The van der Waals surface area contributed by atoms with Gasteiger partial charge in [-0.05, 0) is 68.5 Å². The third-order valence-corrected chi connectivity index (χ3v) is 15.1. The highest BCUT2D eigenvalue weighted by molar-refractivity contribution is 7.91. The lowest BCUT2D eigenvalue weighted by atomic mass is 9.93. The van der Waals surface area contributed by atoms with Crippen LogP contribution in [0.2, 0.25) is 0 Å². The fourth-order valence-electron chi connectivity index (χ4n) is 9.02. The van der Waals surface area contributed by atoms with Gasteiger partial charge in [-0.1, -0.05) is 27.7 Å². The molecule has 24 heteroatoms. The zero-order valence-corrected chi connectivity index (χ0v) is 38.8. The van der Waals surface area contributed by atoms with Crippen LogP contribution < -0.4 is 9.80 Å². The van der Waals surface area contributed by atoms with Crippen molar-refractivity contribution >= 4 is 59.4 Å². The number of carbonyl (C=O) groups is 1. The largest absolute Gasteiger partial charge is 0.434 e. The molecule has 2 aliphatic heterocycles. The molecule has 2 aromatic carbocycles. The lowest BCUT2D eigenvalue weighted by Crippen LogP contribution is -2.42. The van der Waals surface area contributed by atoms with Gasteiger partial charge in [0.25, 0.3) is 0 Å². The second kappa shape index (κ2) is 16.5. The minimum Gasteiger partial charge on any atom is -0.385 e. The molecule has 358 valence electrons. The second-order valence-corrected chi connectivity index (χ2v) is 22.0. The van der Waals surface area contributed by atoms with Gasteiger partial charge < -0.3 is 24.0 Å². The molecule has 8 rings (SSSR count). The van der Waals surface area contributed by atoms with Crippen LogP contribution in [0, 0.1) is 11.8 Å². The van der Waals surface area contributed by atoms with Crippen molar-refractivity contribution < 1.29 is 53.1 Å². The fraction of sp³-hybridized carbons (Fsp3) is 0.465. The van der Waals surface area contributed by atoms with Crippen molar-refractivity contribution in [3.05, 3.63) is 83.0 Å². The van der Waals surface area contributed by atoms with Crippen LogP contribution in [0.3, 0.4) is 0 Å².